The molecule has 18 heavy (non-hydrogen) atoms. The van der Waals surface area contributed by atoms with Crippen LogP contribution in [0, 0.1) is 5.41 Å². The van der Waals surface area contributed by atoms with Gasteiger partial charge in [0.25, 0.3) is 0 Å². The minimum absolute atomic E-state index is 0.259. The Bertz CT molecular complexity index is 260. The maximum absolute atomic E-state index is 12.6. The van der Waals surface area contributed by atoms with Crippen LogP contribution in [-0.4, -0.2) is 56.5 Å². The van der Waals surface area contributed by atoms with Crippen molar-refractivity contribution in [1.29, 1.82) is 0 Å². The number of hydrogen-bond donors (Lipinski definition) is 1. The van der Waals surface area contributed by atoms with Crippen molar-refractivity contribution in [2.75, 3.05) is 40.8 Å². The molecule has 0 aromatic rings. The summed E-state index contributed by atoms with van der Waals surface area (Å²) in [5.41, 5.74) is 5.64. The van der Waals surface area contributed by atoms with E-state index in [1.165, 1.54) is 6.42 Å². The fourth-order valence-electron chi connectivity index (χ4n) is 2.86. The molecule has 0 spiro atoms. The molecule has 106 valence electrons. The molecule has 1 saturated carbocycles. The zero-order valence-electron chi connectivity index (χ0n) is 12.2. The zero-order valence-corrected chi connectivity index (χ0v) is 12.2. The number of rotatable bonds is 6. The molecule has 1 aliphatic rings. The molecule has 1 rings (SSSR count). The van der Waals surface area contributed by atoms with Crippen LogP contribution in [0.4, 0.5) is 0 Å². The Hall–Kier alpha value is -0.610. The number of carbonyl (C=O) groups is 1. The Morgan fingerprint density at radius 1 is 1.11 bits per heavy atom. The topological polar surface area (TPSA) is 49.6 Å². The van der Waals surface area contributed by atoms with Gasteiger partial charge in [0.2, 0.25) is 5.91 Å². The first kappa shape index (κ1) is 15.4. The smallest absolute Gasteiger partial charge is 0.229 e. The average Bonchev–Trinajstić information content (AvgIpc) is 2.38. The summed E-state index contributed by atoms with van der Waals surface area (Å²) in [6.07, 6.45) is 6.51. The van der Waals surface area contributed by atoms with E-state index in [-0.39, 0.29) is 11.3 Å². The Labute approximate surface area is 111 Å². The van der Waals surface area contributed by atoms with Crippen LogP contribution in [0.2, 0.25) is 0 Å². The van der Waals surface area contributed by atoms with Crippen molar-refractivity contribution in [3.8, 4) is 0 Å². The monoisotopic (exact) mass is 255 g/mol. The van der Waals surface area contributed by atoms with Gasteiger partial charge in [-0.2, -0.15) is 0 Å². The van der Waals surface area contributed by atoms with Crippen LogP contribution >= 0.6 is 0 Å². The quantitative estimate of drug-likeness (QED) is 0.778. The fourth-order valence-corrected chi connectivity index (χ4v) is 2.86. The van der Waals surface area contributed by atoms with Gasteiger partial charge in [0.05, 0.1) is 5.41 Å². The van der Waals surface area contributed by atoms with E-state index >= 15 is 0 Å². The molecule has 0 heterocycles. The highest BCUT2D eigenvalue weighted by molar-refractivity contribution is 5.82. The molecule has 0 bridgehead atoms. The third kappa shape index (κ3) is 3.95. The van der Waals surface area contributed by atoms with Crippen molar-refractivity contribution >= 4 is 5.91 Å². The van der Waals surface area contributed by atoms with Gasteiger partial charge < -0.3 is 15.5 Å². The van der Waals surface area contributed by atoms with Gasteiger partial charge in [0.1, 0.15) is 0 Å². The lowest BCUT2D eigenvalue weighted by molar-refractivity contribution is -0.142. The molecule has 0 aromatic heterocycles. The highest BCUT2D eigenvalue weighted by Gasteiger charge is 2.39. The molecule has 4 heteroatoms. The van der Waals surface area contributed by atoms with Crippen molar-refractivity contribution in [2.24, 2.45) is 11.1 Å². The highest BCUT2D eigenvalue weighted by atomic mass is 16.2. The third-order valence-corrected chi connectivity index (χ3v) is 4.10. The van der Waals surface area contributed by atoms with E-state index in [9.17, 15) is 4.79 Å². The summed E-state index contributed by atoms with van der Waals surface area (Å²) in [5, 5.41) is 0. The predicted octanol–water partition coefficient (Wildman–Crippen LogP) is 1.31. The Morgan fingerprint density at radius 3 is 2.22 bits per heavy atom. The standard InChI is InChI=1S/C14H29N3O/c1-16(2)10-7-11-17(3)13(18)14(12-15)8-5-4-6-9-14/h4-12,15H2,1-3H3. The fraction of sp³-hybridized carbons (Fsp3) is 0.929. The lowest BCUT2D eigenvalue weighted by Crippen LogP contribution is -2.48. The van der Waals surface area contributed by atoms with Gasteiger partial charge in [-0.3, -0.25) is 4.79 Å². The number of nitrogens with zero attached hydrogens (tertiary/aromatic N) is 2. The average molecular weight is 255 g/mol. The molecule has 0 aliphatic heterocycles. The summed E-state index contributed by atoms with van der Waals surface area (Å²) in [7, 11) is 6.04. The van der Waals surface area contributed by atoms with Gasteiger partial charge in [-0.05, 0) is 39.9 Å². The zero-order chi connectivity index (χ0) is 13.6. The predicted molar refractivity (Wildman–Crippen MR) is 75.4 cm³/mol. The minimum Gasteiger partial charge on any atom is -0.345 e. The van der Waals surface area contributed by atoms with Gasteiger partial charge in [0, 0.05) is 20.1 Å². The molecular formula is C14H29N3O. The summed E-state index contributed by atoms with van der Waals surface area (Å²) in [6.45, 7) is 2.36. The van der Waals surface area contributed by atoms with Crippen molar-refractivity contribution in [2.45, 2.75) is 38.5 Å². The lowest BCUT2D eigenvalue weighted by Gasteiger charge is -2.37. The SMILES string of the molecule is CN(C)CCCN(C)C(=O)C1(CN)CCCCC1. The first-order valence-corrected chi connectivity index (χ1v) is 7.12. The summed E-state index contributed by atoms with van der Waals surface area (Å²) < 4.78 is 0. The van der Waals surface area contributed by atoms with Crippen molar-refractivity contribution < 1.29 is 4.79 Å². The Balaban J connectivity index is 2.49. The number of nitrogens with two attached hydrogens (primary N) is 1. The highest BCUT2D eigenvalue weighted by Crippen LogP contribution is 2.36. The van der Waals surface area contributed by atoms with E-state index in [0.717, 1.165) is 45.2 Å². The molecular weight excluding hydrogens is 226 g/mol. The minimum atomic E-state index is -0.259. The molecule has 1 aliphatic carbocycles. The molecule has 4 nitrogen and oxygen atoms in total. The molecule has 0 radical (unpaired) electrons. The molecule has 1 amide bonds. The number of amides is 1. The summed E-state index contributed by atoms with van der Waals surface area (Å²) in [6, 6.07) is 0. The van der Waals surface area contributed by atoms with Crippen LogP contribution in [0.25, 0.3) is 0 Å². The van der Waals surface area contributed by atoms with Crippen molar-refractivity contribution in [1.82, 2.24) is 9.80 Å². The Kier molecular flexibility index (Phi) is 6.09. The van der Waals surface area contributed by atoms with Crippen molar-refractivity contribution in [3.05, 3.63) is 0 Å². The van der Waals surface area contributed by atoms with Gasteiger partial charge in [-0.25, -0.2) is 0 Å². The van der Waals surface area contributed by atoms with E-state index < -0.39 is 0 Å². The molecule has 1 fully saturated rings. The second-order valence-electron chi connectivity index (χ2n) is 5.93. The molecule has 0 atom stereocenters. The van der Waals surface area contributed by atoms with E-state index in [1.807, 2.05) is 11.9 Å². The van der Waals surface area contributed by atoms with E-state index in [0.29, 0.717) is 6.54 Å². The van der Waals surface area contributed by atoms with E-state index in [1.54, 1.807) is 0 Å². The normalized spacial score (nSPS) is 18.9. The van der Waals surface area contributed by atoms with Crippen LogP contribution in [0.3, 0.4) is 0 Å². The van der Waals surface area contributed by atoms with Crippen LogP contribution in [0.15, 0.2) is 0 Å². The Morgan fingerprint density at radius 2 is 1.72 bits per heavy atom. The van der Waals surface area contributed by atoms with Crippen molar-refractivity contribution in [3.63, 3.8) is 0 Å². The van der Waals surface area contributed by atoms with Gasteiger partial charge >= 0.3 is 0 Å². The van der Waals surface area contributed by atoms with Crippen LogP contribution in [-0.2, 0) is 4.79 Å². The molecule has 0 aromatic carbocycles. The third-order valence-electron chi connectivity index (χ3n) is 4.10. The maximum Gasteiger partial charge on any atom is 0.229 e. The van der Waals surface area contributed by atoms with Gasteiger partial charge in [0.15, 0.2) is 0 Å². The first-order valence-electron chi connectivity index (χ1n) is 7.12. The van der Waals surface area contributed by atoms with Crippen LogP contribution in [0.5, 0.6) is 0 Å². The van der Waals surface area contributed by atoms with Gasteiger partial charge in [-0.1, -0.05) is 19.3 Å². The summed E-state index contributed by atoms with van der Waals surface area (Å²) in [5.74, 6) is 0.267. The molecule has 0 saturated heterocycles. The second-order valence-corrected chi connectivity index (χ2v) is 5.93. The van der Waals surface area contributed by atoms with Crippen LogP contribution < -0.4 is 5.73 Å². The second kappa shape index (κ2) is 7.10. The lowest BCUT2D eigenvalue weighted by atomic mass is 9.73. The molecule has 2 N–H and O–H groups in total. The summed E-state index contributed by atoms with van der Waals surface area (Å²) >= 11 is 0. The number of hydrogen-bond acceptors (Lipinski definition) is 3. The first-order chi connectivity index (χ1) is 8.52. The van der Waals surface area contributed by atoms with E-state index in [2.05, 4.69) is 19.0 Å². The largest absolute Gasteiger partial charge is 0.345 e. The van der Waals surface area contributed by atoms with Gasteiger partial charge in [-0.15, -0.1) is 0 Å². The maximum atomic E-state index is 12.6. The molecule has 0 unspecified atom stereocenters. The van der Waals surface area contributed by atoms with Crippen LogP contribution in [0.1, 0.15) is 38.5 Å². The van der Waals surface area contributed by atoms with E-state index in [4.69, 9.17) is 5.73 Å². The number of carbonyl (C=O) groups excluding carboxylic acids is 1. The summed E-state index contributed by atoms with van der Waals surface area (Å²) in [4.78, 5) is 16.6.